The lowest BCUT2D eigenvalue weighted by Crippen LogP contribution is -2.47. The third-order valence-electron chi connectivity index (χ3n) is 5.82. The second kappa shape index (κ2) is 7.63. The zero-order valence-corrected chi connectivity index (χ0v) is 16.7. The Kier molecular flexibility index (Phi) is 5.20. The first-order valence-electron chi connectivity index (χ1n) is 9.79. The summed E-state index contributed by atoms with van der Waals surface area (Å²) in [6.07, 6.45) is 2.09. The number of carbonyl (C=O) groups is 1. The van der Waals surface area contributed by atoms with Crippen LogP contribution in [0.5, 0.6) is 0 Å². The van der Waals surface area contributed by atoms with Crippen molar-refractivity contribution in [1.82, 2.24) is 25.1 Å². The molecule has 2 aromatic rings. The monoisotopic (exact) mass is 389 g/mol. The first kappa shape index (κ1) is 19.1. The molecule has 9 nitrogen and oxygen atoms in total. The maximum atomic E-state index is 12.8. The summed E-state index contributed by atoms with van der Waals surface area (Å²) in [5.41, 5.74) is 1.74. The summed E-state index contributed by atoms with van der Waals surface area (Å²) in [4.78, 5) is 21.2. The molecule has 2 aliphatic rings. The van der Waals surface area contributed by atoms with Crippen molar-refractivity contribution in [2.75, 3.05) is 26.2 Å². The predicted molar refractivity (Wildman–Crippen MR) is 98.2 cm³/mol. The number of aromatic nitrogens is 3. The quantitative estimate of drug-likeness (QED) is 0.780. The summed E-state index contributed by atoms with van der Waals surface area (Å²) >= 11 is 0. The number of aryl methyl sites for hydroxylation is 3. The van der Waals surface area contributed by atoms with Crippen molar-refractivity contribution < 1.29 is 18.6 Å². The Labute approximate surface area is 164 Å². The lowest BCUT2D eigenvalue weighted by atomic mass is 9.87. The van der Waals surface area contributed by atoms with E-state index in [-0.39, 0.29) is 11.5 Å². The molecular formula is C19H27N5O4. The van der Waals surface area contributed by atoms with Crippen LogP contribution in [0, 0.1) is 20.8 Å². The fourth-order valence-corrected chi connectivity index (χ4v) is 4.06. The van der Waals surface area contributed by atoms with Crippen molar-refractivity contribution in [3.63, 3.8) is 0 Å². The highest BCUT2D eigenvalue weighted by Crippen LogP contribution is 2.33. The first-order chi connectivity index (χ1) is 13.4. The second-order valence-electron chi connectivity index (χ2n) is 7.84. The molecular weight excluding hydrogens is 362 g/mol. The van der Waals surface area contributed by atoms with E-state index >= 15 is 0 Å². The zero-order chi connectivity index (χ0) is 19.7. The molecule has 2 aliphatic heterocycles. The summed E-state index contributed by atoms with van der Waals surface area (Å²) in [5.74, 6) is 2.02. The Hall–Kier alpha value is -2.26. The fraction of sp³-hybridized carbons (Fsp3) is 0.684. The van der Waals surface area contributed by atoms with Crippen LogP contribution in [0.1, 0.15) is 48.0 Å². The summed E-state index contributed by atoms with van der Waals surface area (Å²) < 4.78 is 16.7. The largest absolute Gasteiger partial charge is 0.373 e. The van der Waals surface area contributed by atoms with Gasteiger partial charge in [0.2, 0.25) is 11.8 Å². The van der Waals surface area contributed by atoms with Crippen molar-refractivity contribution in [3.8, 4) is 0 Å². The summed E-state index contributed by atoms with van der Waals surface area (Å²) in [6, 6.07) is 0. The number of piperidine rings is 1. The van der Waals surface area contributed by atoms with E-state index in [1.165, 1.54) is 0 Å². The minimum Gasteiger partial charge on any atom is -0.373 e. The van der Waals surface area contributed by atoms with Crippen LogP contribution in [-0.4, -0.2) is 62.8 Å². The smallest absolute Gasteiger partial charge is 0.246 e. The SMILES string of the molecule is Cc1noc(CN2CCOC3(CCN(Cc4c(C)noc4C)CC3)CC2=O)n1. The standard InChI is InChI=1S/C19H27N5O4/c1-13-16(14(2)27-21-13)11-23-6-4-19(5-7-23)10-18(25)24(8-9-26-19)12-17-20-15(3)22-28-17/h4-12H2,1-3H3. The topological polar surface area (TPSA) is 97.7 Å². The molecule has 0 aliphatic carbocycles. The van der Waals surface area contributed by atoms with Gasteiger partial charge in [-0.15, -0.1) is 0 Å². The van der Waals surface area contributed by atoms with Gasteiger partial charge in [0.15, 0.2) is 5.82 Å². The number of carbonyl (C=O) groups excluding carboxylic acids is 1. The van der Waals surface area contributed by atoms with Gasteiger partial charge in [-0.05, 0) is 33.6 Å². The van der Waals surface area contributed by atoms with Crippen LogP contribution in [0.3, 0.4) is 0 Å². The molecule has 28 heavy (non-hydrogen) atoms. The molecule has 4 rings (SSSR count). The van der Waals surface area contributed by atoms with E-state index in [9.17, 15) is 4.79 Å². The summed E-state index contributed by atoms with van der Waals surface area (Å²) in [6.45, 7) is 9.72. The summed E-state index contributed by atoms with van der Waals surface area (Å²) in [5, 5.41) is 7.83. The highest BCUT2D eigenvalue weighted by Gasteiger charge is 2.41. The predicted octanol–water partition coefficient (Wildman–Crippen LogP) is 1.77. The summed E-state index contributed by atoms with van der Waals surface area (Å²) in [7, 11) is 0. The second-order valence-corrected chi connectivity index (χ2v) is 7.84. The van der Waals surface area contributed by atoms with Gasteiger partial charge in [-0.25, -0.2) is 0 Å². The van der Waals surface area contributed by atoms with Crippen LogP contribution in [0.4, 0.5) is 0 Å². The van der Waals surface area contributed by atoms with Crippen molar-refractivity contribution in [2.24, 2.45) is 0 Å². The maximum Gasteiger partial charge on any atom is 0.246 e. The van der Waals surface area contributed by atoms with Gasteiger partial charge in [0, 0.05) is 31.7 Å². The molecule has 4 heterocycles. The molecule has 2 aromatic heterocycles. The molecule has 0 atom stereocenters. The number of ether oxygens (including phenoxy) is 1. The van der Waals surface area contributed by atoms with Crippen molar-refractivity contribution >= 4 is 5.91 Å². The minimum absolute atomic E-state index is 0.0903. The molecule has 0 saturated carbocycles. The number of nitrogens with zero attached hydrogens (tertiary/aromatic N) is 5. The lowest BCUT2D eigenvalue weighted by Gasteiger charge is -2.40. The van der Waals surface area contributed by atoms with Crippen LogP contribution in [0.15, 0.2) is 9.05 Å². The van der Waals surface area contributed by atoms with E-state index in [0.29, 0.717) is 37.8 Å². The van der Waals surface area contributed by atoms with Crippen molar-refractivity contribution in [3.05, 3.63) is 28.7 Å². The van der Waals surface area contributed by atoms with E-state index in [2.05, 4.69) is 20.2 Å². The Balaban J connectivity index is 1.35. The van der Waals surface area contributed by atoms with E-state index in [1.54, 1.807) is 11.8 Å². The highest BCUT2D eigenvalue weighted by atomic mass is 16.5. The van der Waals surface area contributed by atoms with Gasteiger partial charge < -0.3 is 18.7 Å². The number of likely N-dealkylation sites (tertiary alicyclic amines) is 1. The van der Waals surface area contributed by atoms with Crippen molar-refractivity contribution in [1.29, 1.82) is 0 Å². The minimum atomic E-state index is -0.369. The van der Waals surface area contributed by atoms with Crippen LogP contribution in [-0.2, 0) is 22.6 Å². The normalized spacial score (nSPS) is 20.7. The maximum absolute atomic E-state index is 12.8. The molecule has 0 radical (unpaired) electrons. The van der Waals surface area contributed by atoms with Gasteiger partial charge >= 0.3 is 0 Å². The van der Waals surface area contributed by atoms with Gasteiger partial charge in [0.05, 0.1) is 24.3 Å². The molecule has 2 fully saturated rings. The van der Waals surface area contributed by atoms with Gasteiger partial charge in [-0.1, -0.05) is 10.3 Å². The third-order valence-corrected chi connectivity index (χ3v) is 5.82. The van der Waals surface area contributed by atoms with Crippen LogP contribution >= 0.6 is 0 Å². The van der Waals surface area contributed by atoms with Gasteiger partial charge in [-0.2, -0.15) is 4.98 Å². The Morgan fingerprint density at radius 3 is 2.46 bits per heavy atom. The molecule has 1 spiro atoms. The van der Waals surface area contributed by atoms with E-state index in [0.717, 1.165) is 49.5 Å². The van der Waals surface area contributed by atoms with Gasteiger partial charge in [0.25, 0.3) is 0 Å². The average Bonchev–Trinajstić information content (AvgIpc) is 3.17. The van der Waals surface area contributed by atoms with Crippen molar-refractivity contribution in [2.45, 2.75) is 58.7 Å². The van der Waals surface area contributed by atoms with E-state index in [4.69, 9.17) is 13.8 Å². The Bertz CT molecular complexity index is 818. The average molecular weight is 389 g/mol. The van der Waals surface area contributed by atoms with Crippen LogP contribution < -0.4 is 0 Å². The molecule has 0 aromatic carbocycles. The number of hydrogen-bond donors (Lipinski definition) is 0. The Morgan fingerprint density at radius 1 is 1.04 bits per heavy atom. The number of hydrogen-bond acceptors (Lipinski definition) is 8. The van der Waals surface area contributed by atoms with Crippen LogP contribution in [0.2, 0.25) is 0 Å². The first-order valence-corrected chi connectivity index (χ1v) is 9.79. The lowest BCUT2D eigenvalue weighted by molar-refractivity contribution is -0.136. The van der Waals surface area contributed by atoms with Crippen LogP contribution in [0.25, 0.3) is 0 Å². The van der Waals surface area contributed by atoms with Gasteiger partial charge in [0.1, 0.15) is 12.3 Å². The zero-order valence-electron chi connectivity index (χ0n) is 16.7. The molecule has 0 unspecified atom stereocenters. The molecule has 0 N–H and O–H groups in total. The third kappa shape index (κ3) is 3.95. The number of amides is 1. The molecule has 9 heteroatoms. The van der Waals surface area contributed by atoms with E-state index < -0.39 is 0 Å². The number of rotatable bonds is 4. The van der Waals surface area contributed by atoms with Gasteiger partial charge in [-0.3, -0.25) is 9.69 Å². The molecule has 2 saturated heterocycles. The molecule has 152 valence electrons. The molecule has 1 amide bonds. The highest BCUT2D eigenvalue weighted by molar-refractivity contribution is 5.77. The molecule has 0 bridgehead atoms. The van der Waals surface area contributed by atoms with E-state index in [1.807, 2.05) is 13.8 Å². The fourth-order valence-electron chi connectivity index (χ4n) is 4.06. The Morgan fingerprint density at radius 2 is 1.82 bits per heavy atom.